The van der Waals surface area contributed by atoms with Gasteiger partial charge in [0, 0.05) is 30.1 Å². The standard InChI is InChI=1S/C24H30ClN3O3S/c1-24(2,3)31-23(30)26-14-18-9-4-5-12-28(18)22(29)19-20(16-7-6-8-17(25)13-16)32-21(27-19)15-10-11-15/h6-8,13,15,18H,4-5,9-12,14H2,1-3H3,(H,26,30). The van der Waals surface area contributed by atoms with Gasteiger partial charge in [0.2, 0.25) is 0 Å². The molecule has 4 rings (SSSR count). The van der Waals surface area contributed by atoms with Crippen molar-refractivity contribution in [3.8, 4) is 10.4 Å². The number of carbonyl (C=O) groups excluding carboxylic acids is 2. The fourth-order valence-corrected chi connectivity index (χ4v) is 5.36. The van der Waals surface area contributed by atoms with Gasteiger partial charge in [-0.3, -0.25) is 4.79 Å². The molecule has 172 valence electrons. The first-order valence-corrected chi connectivity index (χ1v) is 12.5. The van der Waals surface area contributed by atoms with E-state index in [0.717, 1.165) is 47.6 Å². The molecule has 1 aliphatic heterocycles. The van der Waals surface area contributed by atoms with E-state index in [9.17, 15) is 9.59 Å². The van der Waals surface area contributed by atoms with E-state index in [1.807, 2.05) is 49.9 Å². The van der Waals surface area contributed by atoms with Gasteiger partial charge >= 0.3 is 6.09 Å². The molecule has 2 aliphatic rings. The number of nitrogens with zero attached hydrogens (tertiary/aromatic N) is 2. The molecule has 8 heteroatoms. The van der Waals surface area contributed by atoms with Crippen LogP contribution in [0.2, 0.25) is 5.02 Å². The Labute approximate surface area is 198 Å². The first kappa shape index (κ1) is 23.1. The summed E-state index contributed by atoms with van der Waals surface area (Å²) in [7, 11) is 0. The highest BCUT2D eigenvalue weighted by atomic mass is 35.5. The first-order chi connectivity index (χ1) is 15.2. The van der Waals surface area contributed by atoms with Crippen LogP contribution in [-0.4, -0.2) is 46.6 Å². The molecule has 2 aromatic rings. The van der Waals surface area contributed by atoms with Crippen molar-refractivity contribution in [1.82, 2.24) is 15.2 Å². The molecule has 1 aromatic carbocycles. The Balaban J connectivity index is 1.56. The number of halogens is 1. The third-order valence-electron chi connectivity index (χ3n) is 5.63. The third-order valence-corrected chi connectivity index (χ3v) is 7.13. The summed E-state index contributed by atoms with van der Waals surface area (Å²) in [6, 6.07) is 7.52. The molecule has 1 N–H and O–H groups in total. The number of aromatic nitrogens is 1. The van der Waals surface area contributed by atoms with E-state index in [1.165, 1.54) is 0 Å². The van der Waals surface area contributed by atoms with Gasteiger partial charge in [-0.1, -0.05) is 23.7 Å². The highest BCUT2D eigenvalue weighted by Gasteiger charge is 2.34. The molecule has 1 saturated carbocycles. The quantitative estimate of drug-likeness (QED) is 0.587. The molecule has 1 aliphatic carbocycles. The van der Waals surface area contributed by atoms with Gasteiger partial charge in [-0.15, -0.1) is 11.3 Å². The number of ether oxygens (including phenoxy) is 1. The second-order valence-electron chi connectivity index (χ2n) is 9.55. The van der Waals surface area contributed by atoms with Crippen LogP contribution in [0.3, 0.4) is 0 Å². The van der Waals surface area contributed by atoms with Crippen molar-refractivity contribution in [1.29, 1.82) is 0 Å². The molecule has 2 fully saturated rings. The molecular formula is C24H30ClN3O3S. The van der Waals surface area contributed by atoms with Gasteiger partial charge in [-0.2, -0.15) is 0 Å². The van der Waals surface area contributed by atoms with E-state index < -0.39 is 11.7 Å². The summed E-state index contributed by atoms with van der Waals surface area (Å²) in [6.07, 6.45) is 4.61. The van der Waals surface area contributed by atoms with Gasteiger partial charge in [-0.25, -0.2) is 9.78 Å². The number of likely N-dealkylation sites (tertiary alicyclic amines) is 1. The predicted octanol–water partition coefficient (Wildman–Crippen LogP) is 5.86. The minimum Gasteiger partial charge on any atom is -0.444 e. The van der Waals surface area contributed by atoms with Crippen LogP contribution in [0, 0.1) is 0 Å². The van der Waals surface area contributed by atoms with Gasteiger partial charge in [0.1, 0.15) is 11.3 Å². The molecule has 1 atom stereocenters. The zero-order valence-corrected chi connectivity index (χ0v) is 20.4. The molecule has 0 spiro atoms. The lowest BCUT2D eigenvalue weighted by Gasteiger charge is -2.35. The average Bonchev–Trinajstić information content (AvgIpc) is 3.49. The minimum absolute atomic E-state index is 0.0705. The Bertz CT molecular complexity index is 997. The Morgan fingerprint density at radius 3 is 2.72 bits per heavy atom. The van der Waals surface area contributed by atoms with Crippen molar-refractivity contribution in [3.05, 3.63) is 40.0 Å². The highest BCUT2D eigenvalue weighted by Crippen LogP contribution is 2.45. The molecule has 2 amide bonds. The molecule has 0 bridgehead atoms. The number of hydrogen-bond donors (Lipinski definition) is 1. The Kier molecular flexibility index (Phi) is 6.77. The molecule has 32 heavy (non-hydrogen) atoms. The summed E-state index contributed by atoms with van der Waals surface area (Å²) < 4.78 is 5.36. The van der Waals surface area contributed by atoms with E-state index in [1.54, 1.807) is 11.3 Å². The van der Waals surface area contributed by atoms with Crippen molar-refractivity contribution in [3.63, 3.8) is 0 Å². The number of benzene rings is 1. The van der Waals surface area contributed by atoms with Crippen LogP contribution >= 0.6 is 22.9 Å². The number of piperidine rings is 1. The second-order valence-corrected chi connectivity index (χ2v) is 11.0. The summed E-state index contributed by atoms with van der Waals surface area (Å²) in [6.45, 7) is 6.53. The fraction of sp³-hybridized carbons (Fsp3) is 0.542. The smallest absolute Gasteiger partial charge is 0.407 e. The average molecular weight is 476 g/mol. The van der Waals surface area contributed by atoms with E-state index in [2.05, 4.69) is 5.32 Å². The summed E-state index contributed by atoms with van der Waals surface area (Å²) in [4.78, 5) is 33.4. The van der Waals surface area contributed by atoms with Crippen molar-refractivity contribution in [2.45, 2.75) is 70.4 Å². The summed E-state index contributed by atoms with van der Waals surface area (Å²) in [5, 5.41) is 4.51. The Hall–Kier alpha value is -2.12. The SMILES string of the molecule is CC(C)(C)OC(=O)NCC1CCCCN1C(=O)c1nc(C2CC2)sc1-c1cccc(Cl)c1. The van der Waals surface area contributed by atoms with Crippen molar-refractivity contribution in [2.24, 2.45) is 0 Å². The summed E-state index contributed by atoms with van der Waals surface area (Å²) in [5.74, 6) is 0.393. The van der Waals surface area contributed by atoms with Crippen LogP contribution in [0.4, 0.5) is 4.79 Å². The fourth-order valence-electron chi connectivity index (χ4n) is 3.94. The monoisotopic (exact) mass is 475 g/mol. The zero-order chi connectivity index (χ0) is 22.9. The zero-order valence-electron chi connectivity index (χ0n) is 18.8. The summed E-state index contributed by atoms with van der Waals surface area (Å²) >= 11 is 7.84. The van der Waals surface area contributed by atoms with Crippen LogP contribution < -0.4 is 5.32 Å². The lowest BCUT2D eigenvalue weighted by atomic mass is 10.0. The number of thiazole rings is 1. The van der Waals surface area contributed by atoms with E-state index in [-0.39, 0.29) is 11.9 Å². The van der Waals surface area contributed by atoms with Crippen molar-refractivity contribution < 1.29 is 14.3 Å². The van der Waals surface area contributed by atoms with Gasteiger partial charge in [0.15, 0.2) is 0 Å². The maximum absolute atomic E-state index is 13.7. The summed E-state index contributed by atoms with van der Waals surface area (Å²) in [5.41, 5.74) is 0.867. The van der Waals surface area contributed by atoms with Gasteiger partial charge in [0.25, 0.3) is 5.91 Å². The maximum atomic E-state index is 13.7. The Morgan fingerprint density at radius 2 is 2.03 bits per heavy atom. The van der Waals surface area contributed by atoms with E-state index in [0.29, 0.717) is 29.7 Å². The van der Waals surface area contributed by atoms with E-state index >= 15 is 0 Å². The predicted molar refractivity (Wildman–Crippen MR) is 127 cm³/mol. The maximum Gasteiger partial charge on any atom is 0.407 e. The number of amides is 2. The molecule has 0 radical (unpaired) electrons. The van der Waals surface area contributed by atoms with Crippen LogP contribution in [0.5, 0.6) is 0 Å². The minimum atomic E-state index is -0.558. The number of nitrogens with one attached hydrogen (secondary N) is 1. The lowest BCUT2D eigenvalue weighted by molar-refractivity contribution is 0.0461. The van der Waals surface area contributed by atoms with Crippen molar-refractivity contribution >= 4 is 34.9 Å². The third kappa shape index (κ3) is 5.62. The topological polar surface area (TPSA) is 71.5 Å². The second kappa shape index (κ2) is 9.40. The van der Waals surface area contributed by atoms with Crippen LogP contribution in [-0.2, 0) is 4.74 Å². The van der Waals surface area contributed by atoms with Crippen LogP contribution in [0.25, 0.3) is 10.4 Å². The number of hydrogen-bond acceptors (Lipinski definition) is 5. The van der Waals surface area contributed by atoms with E-state index in [4.69, 9.17) is 21.3 Å². The van der Waals surface area contributed by atoms with Gasteiger partial charge in [0.05, 0.1) is 9.88 Å². The van der Waals surface area contributed by atoms with Gasteiger partial charge in [-0.05, 0) is 70.6 Å². The van der Waals surface area contributed by atoms with Crippen LogP contribution in [0.1, 0.15) is 74.3 Å². The molecule has 2 heterocycles. The Morgan fingerprint density at radius 1 is 1.25 bits per heavy atom. The van der Waals surface area contributed by atoms with Crippen LogP contribution in [0.15, 0.2) is 24.3 Å². The highest BCUT2D eigenvalue weighted by molar-refractivity contribution is 7.15. The lowest BCUT2D eigenvalue weighted by Crippen LogP contribution is -2.50. The number of rotatable bonds is 5. The molecular weight excluding hydrogens is 446 g/mol. The van der Waals surface area contributed by atoms with Crippen molar-refractivity contribution in [2.75, 3.05) is 13.1 Å². The largest absolute Gasteiger partial charge is 0.444 e. The molecule has 1 unspecified atom stereocenters. The van der Waals surface area contributed by atoms with Gasteiger partial charge < -0.3 is 15.0 Å². The normalized spacial score (nSPS) is 19.0. The molecule has 1 aromatic heterocycles. The molecule has 1 saturated heterocycles. The molecule has 6 nitrogen and oxygen atoms in total. The first-order valence-electron chi connectivity index (χ1n) is 11.3. The number of alkyl carbamates (subject to hydrolysis) is 1. The number of carbonyl (C=O) groups is 2.